The van der Waals surface area contributed by atoms with Crippen LogP contribution in [0, 0.1) is 5.92 Å². The Morgan fingerprint density at radius 1 is 1.35 bits per heavy atom. The summed E-state index contributed by atoms with van der Waals surface area (Å²) in [5.41, 5.74) is 2.54. The molecule has 0 radical (unpaired) electrons. The van der Waals surface area contributed by atoms with Crippen molar-refractivity contribution in [2.75, 3.05) is 19.8 Å². The summed E-state index contributed by atoms with van der Waals surface area (Å²) in [5, 5.41) is 8.33. The van der Waals surface area contributed by atoms with Crippen molar-refractivity contribution in [2.24, 2.45) is 5.92 Å². The predicted octanol–water partition coefficient (Wildman–Crippen LogP) is 3.44. The molecule has 0 aliphatic heterocycles. The average Bonchev–Trinajstić information content (AvgIpc) is 3.54. The Hall–Kier alpha value is -1.95. The highest BCUT2D eigenvalue weighted by molar-refractivity contribution is 6.05. The lowest BCUT2D eigenvalue weighted by atomic mass is 10.1. The molecule has 0 bridgehead atoms. The average molecular weight is 356 g/mol. The van der Waals surface area contributed by atoms with Crippen LogP contribution < -0.4 is 5.32 Å². The molecule has 2 aliphatic rings. The fourth-order valence-electron chi connectivity index (χ4n) is 3.20. The Kier molecular flexibility index (Phi) is 4.94. The van der Waals surface area contributed by atoms with Gasteiger partial charge in [-0.05, 0) is 57.9 Å². The van der Waals surface area contributed by atoms with E-state index in [4.69, 9.17) is 9.72 Å². The third-order valence-corrected chi connectivity index (χ3v) is 5.12. The quantitative estimate of drug-likeness (QED) is 0.699. The molecule has 2 aromatic heterocycles. The lowest BCUT2D eigenvalue weighted by molar-refractivity contribution is 0.0939. The molecule has 0 saturated heterocycles. The van der Waals surface area contributed by atoms with Crippen molar-refractivity contribution < 1.29 is 9.53 Å². The Balaban J connectivity index is 1.44. The van der Waals surface area contributed by atoms with E-state index in [-0.39, 0.29) is 11.9 Å². The molecule has 2 saturated carbocycles. The summed E-state index contributed by atoms with van der Waals surface area (Å²) >= 11 is 0. The van der Waals surface area contributed by atoms with Crippen LogP contribution in [0.1, 0.15) is 74.0 Å². The number of carbonyl (C=O) groups is 1. The molecule has 2 aliphatic carbocycles. The summed E-state index contributed by atoms with van der Waals surface area (Å²) in [5.74, 6) is 1.25. The molecule has 2 heterocycles. The van der Waals surface area contributed by atoms with Crippen molar-refractivity contribution in [1.29, 1.82) is 0 Å². The number of pyridine rings is 1. The van der Waals surface area contributed by atoms with Gasteiger partial charge in [0.15, 0.2) is 5.65 Å². The fraction of sp³-hybridized carbons (Fsp3) is 0.650. The van der Waals surface area contributed by atoms with Crippen molar-refractivity contribution in [3.8, 4) is 0 Å². The molecule has 2 fully saturated rings. The van der Waals surface area contributed by atoms with Crippen molar-refractivity contribution in [2.45, 2.75) is 57.9 Å². The molecular weight excluding hydrogens is 328 g/mol. The van der Waals surface area contributed by atoms with E-state index in [9.17, 15) is 4.79 Å². The Morgan fingerprint density at radius 2 is 2.15 bits per heavy atom. The van der Waals surface area contributed by atoms with Crippen LogP contribution in [0.2, 0.25) is 0 Å². The van der Waals surface area contributed by atoms with Gasteiger partial charge in [0.1, 0.15) is 0 Å². The number of aromatic nitrogens is 3. The SMILES string of the molecule is CC(C)n1ncc2c(C(=O)NCCCOCC3CC3)cc(C3CC3)nc21. The normalized spacial score (nSPS) is 17.2. The van der Waals surface area contributed by atoms with E-state index in [0.29, 0.717) is 24.6 Å². The first-order valence-corrected chi connectivity index (χ1v) is 9.87. The molecule has 0 atom stereocenters. The monoisotopic (exact) mass is 356 g/mol. The highest BCUT2D eigenvalue weighted by atomic mass is 16.5. The van der Waals surface area contributed by atoms with Crippen molar-refractivity contribution in [1.82, 2.24) is 20.1 Å². The smallest absolute Gasteiger partial charge is 0.252 e. The number of fused-ring (bicyclic) bond motifs is 1. The summed E-state index contributed by atoms with van der Waals surface area (Å²) in [6.07, 6.45) is 7.55. The van der Waals surface area contributed by atoms with Crippen molar-refractivity contribution in [3.63, 3.8) is 0 Å². The summed E-state index contributed by atoms with van der Waals surface area (Å²) in [4.78, 5) is 17.6. The van der Waals surface area contributed by atoms with Gasteiger partial charge in [-0.2, -0.15) is 5.10 Å². The number of ether oxygens (including phenoxy) is 1. The van der Waals surface area contributed by atoms with Gasteiger partial charge in [-0.25, -0.2) is 9.67 Å². The number of amides is 1. The van der Waals surface area contributed by atoms with Crippen LogP contribution in [0.4, 0.5) is 0 Å². The predicted molar refractivity (Wildman–Crippen MR) is 100 cm³/mol. The minimum absolute atomic E-state index is 0.0372. The topological polar surface area (TPSA) is 69.0 Å². The molecule has 0 unspecified atom stereocenters. The Bertz CT molecular complexity index is 790. The van der Waals surface area contributed by atoms with Gasteiger partial charge in [-0.3, -0.25) is 4.79 Å². The van der Waals surface area contributed by atoms with E-state index in [1.807, 2.05) is 10.7 Å². The van der Waals surface area contributed by atoms with Crippen LogP contribution in [-0.2, 0) is 4.74 Å². The Labute approximate surface area is 154 Å². The van der Waals surface area contributed by atoms with Gasteiger partial charge >= 0.3 is 0 Å². The zero-order valence-electron chi connectivity index (χ0n) is 15.7. The number of rotatable bonds is 9. The summed E-state index contributed by atoms with van der Waals surface area (Å²) in [6.45, 7) is 6.38. The minimum atomic E-state index is -0.0372. The molecule has 6 nitrogen and oxygen atoms in total. The van der Waals surface area contributed by atoms with Crippen LogP contribution in [-0.4, -0.2) is 40.4 Å². The molecule has 1 amide bonds. The summed E-state index contributed by atoms with van der Waals surface area (Å²) in [6, 6.07) is 2.18. The van der Waals surface area contributed by atoms with E-state index in [0.717, 1.165) is 48.5 Å². The van der Waals surface area contributed by atoms with Gasteiger partial charge in [-0.15, -0.1) is 0 Å². The molecule has 0 aromatic carbocycles. The van der Waals surface area contributed by atoms with E-state index in [2.05, 4.69) is 24.3 Å². The van der Waals surface area contributed by atoms with E-state index < -0.39 is 0 Å². The third-order valence-electron chi connectivity index (χ3n) is 5.12. The first-order chi connectivity index (χ1) is 12.6. The second-order valence-electron chi connectivity index (χ2n) is 7.92. The summed E-state index contributed by atoms with van der Waals surface area (Å²) in [7, 11) is 0. The van der Waals surface area contributed by atoms with E-state index >= 15 is 0 Å². The zero-order valence-corrected chi connectivity index (χ0v) is 15.7. The number of nitrogens with one attached hydrogen (secondary N) is 1. The minimum Gasteiger partial charge on any atom is -0.381 e. The largest absolute Gasteiger partial charge is 0.381 e. The van der Waals surface area contributed by atoms with Crippen LogP contribution in [0.25, 0.3) is 11.0 Å². The maximum atomic E-state index is 12.8. The number of hydrogen-bond acceptors (Lipinski definition) is 4. The van der Waals surface area contributed by atoms with Gasteiger partial charge < -0.3 is 10.1 Å². The molecule has 0 spiro atoms. The van der Waals surface area contributed by atoms with Crippen LogP contribution in [0.3, 0.4) is 0 Å². The fourth-order valence-corrected chi connectivity index (χ4v) is 3.20. The van der Waals surface area contributed by atoms with Gasteiger partial charge in [-0.1, -0.05) is 0 Å². The molecule has 26 heavy (non-hydrogen) atoms. The number of hydrogen-bond donors (Lipinski definition) is 1. The molecule has 4 rings (SSSR count). The highest BCUT2D eigenvalue weighted by Crippen LogP contribution is 2.40. The molecule has 1 N–H and O–H groups in total. The second kappa shape index (κ2) is 7.35. The van der Waals surface area contributed by atoms with E-state index in [1.165, 1.54) is 12.8 Å². The first kappa shape index (κ1) is 17.5. The van der Waals surface area contributed by atoms with Gasteiger partial charge in [0.25, 0.3) is 5.91 Å². The molecule has 140 valence electrons. The lowest BCUT2D eigenvalue weighted by Gasteiger charge is -2.11. The van der Waals surface area contributed by atoms with Crippen LogP contribution in [0.5, 0.6) is 0 Å². The maximum absolute atomic E-state index is 12.8. The zero-order chi connectivity index (χ0) is 18.1. The van der Waals surface area contributed by atoms with Gasteiger partial charge in [0.05, 0.1) is 17.1 Å². The third kappa shape index (κ3) is 3.90. The Morgan fingerprint density at radius 3 is 2.85 bits per heavy atom. The number of carbonyl (C=O) groups excluding carboxylic acids is 1. The second-order valence-corrected chi connectivity index (χ2v) is 7.92. The molecule has 2 aromatic rings. The van der Waals surface area contributed by atoms with Crippen molar-refractivity contribution >= 4 is 16.9 Å². The molecule has 6 heteroatoms. The van der Waals surface area contributed by atoms with Crippen molar-refractivity contribution in [3.05, 3.63) is 23.5 Å². The highest BCUT2D eigenvalue weighted by Gasteiger charge is 2.28. The lowest BCUT2D eigenvalue weighted by Crippen LogP contribution is -2.26. The van der Waals surface area contributed by atoms with Crippen LogP contribution >= 0.6 is 0 Å². The summed E-state index contributed by atoms with van der Waals surface area (Å²) < 4.78 is 7.54. The first-order valence-electron chi connectivity index (χ1n) is 9.87. The van der Waals surface area contributed by atoms with Gasteiger partial charge in [0, 0.05) is 37.4 Å². The standard InChI is InChI=1S/C20H28N4O2/c1-13(2)24-19-17(11-22-24)16(10-18(23-19)15-6-7-15)20(25)21-8-3-9-26-12-14-4-5-14/h10-11,13-15H,3-9,12H2,1-2H3,(H,21,25). The maximum Gasteiger partial charge on any atom is 0.252 e. The number of nitrogens with zero attached hydrogens (tertiary/aromatic N) is 3. The van der Waals surface area contributed by atoms with E-state index in [1.54, 1.807) is 6.20 Å². The van der Waals surface area contributed by atoms with Gasteiger partial charge in [0.2, 0.25) is 0 Å². The molecular formula is C20H28N4O2. The van der Waals surface area contributed by atoms with Crippen LogP contribution in [0.15, 0.2) is 12.3 Å².